The number of nitro benzene ring substituents is 1. The number of rotatable bonds is 4. The summed E-state index contributed by atoms with van der Waals surface area (Å²) in [4.78, 5) is 24.0. The molecule has 0 saturated carbocycles. The SMILES string of the molecule is CCCC1NC(c2cccc([N+](=O)[O-])c2)N(C)C1=O. The van der Waals surface area contributed by atoms with Crippen LogP contribution in [0, 0.1) is 10.1 Å². The van der Waals surface area contributed by atoms with Crippen LogP contribution >= 0.6 is 0 Å². The molecule has 0 aromatic heterocycles. The van der Waals surface area contributed by atoms with Gasteiger partial charge in [0.05, 0.1) is 11.0 Å². The van der Waals surface area contributed by atoms with Gasteiger partial charge in [-0.3, -0.25) is 20.2 Å². The lowest BCUT2D eigenvalue weighted by atomic mass is 10.1. The van der Waals surface area contributed by atoms with Gasteiger partial charge >= 0.3 is 0 Å². The van der Waals surface area contributed by atoms with Crippen LogP contribution in [0.2, 0.25) is 0 Å². The Morgan fingerprint density at radius 2 is 2.21 bits per heavy atom. The van der Waals surface area contributed by atoms with Gasteiger partial charge in [-0.2, -0.15) is 0 Å². The predicted molar refractivity (Wildman–Crippen MR) is 70.4 cm³/mol. The van der Waals surface area contributed by atoms with E-state index in [2.05, 4.69) is 5.32 Å². The highest BCUT2D eigenvalue weighted by molar-refractivity contribution is 5.84. The number of nitrogens with one attached hydrogen (secondary N) is 1. The number of hydrogen-bond acceptors (Lipinski definition) is 4. The van der Waals surface area contributed by atoms with E-state index in [9.17, 15) is 14.9 Å². The molecule has 1 aromatic rings. The molecule has 2 rings (SSSR count). The van der Waals surface area contributed by atoms with Crippen LogP contribution in [0.5, 0.6) is 0 Å². The summed E-state index contributed by atoms with van der Waals surface area (Å²) in [7, 11) is 1.72. The van der Waals surface area contributed by atoms with E-state index in [0.29, 0.717) is 0 Å². The molecule has 1 aromatic carbocycles. The molecular formula is C13H17N3O3. The molecule has 6 nitrogen and oxygen atoms in total. The topological polar surface area (TPSA) is 75.5 Å². The van der Waals surface area contributed by atoms with Crippen LogP contribution in [0.15, 0.2) is 24.3 Å². The molecular weight excluding hydrogens is 246 g/mol. The highest BCUT2D eigenvalue weighted by Gasteiger charge is 2.36. The number of hydrogen-bond donors (Lipinski definition) is 1. The Labute approximate surface area is 111 Å². The van der Waals surface area contributed by atoms with Crippen molar-refractivity contribution < 1.29 is 9.72 Å². The van der Waals surface area contributed by atoms with Gasteiger partial charge in [0.2, 0.25) is 5.91 Å². The zero-order valence-corrected chi connectivity index (χ0v) is 11.0. The summed E-state index contributed by atoms with van der Waals surface area (Å²) in [5, 5.41) is 14.0. The van der Waals surface area contributed by atoms with E-state index in [1.54, 1.807) is 24.1 Å². The lowest BCUT2D eigenvalue weighted by Crippen LogP contribution is -2.28. The van der Waals surface area contributed by atoms with Crippen molar-refractivity contribution in [3.05, 3.63) is 39.9 Å². The van der Waals surface area contributed by atoms with E-state index >= 15 is 0 Å². The number of likely N-dealkylation sites (N-methyl/N-ethyl adjacent to an activating group) is 1. The average molecular weight is 263 g/mol. The first-order chi connectivity index (χ1) is 9.04. The molecule has 1 heterocycles. The minimum Gasteiger partial charge on any atom is -0.325 e. The van der Waals surface area contributed by atoms with E-state index in [1.807, 2.05) is 6.92 Å². The first-order valence-corrected chi connectivity index (χ1v) is 6.31. The summed E-state index contributed by atoms with van der Waals surface area (Å²) >= 11 is 0. The molecule has 1 aliphatic heterocycles. The number of carbonyl (C=O) groups excluding carboxylic acids is 1. The van der Waals surface area contributed by atoms with Gasteiger partial charge in [0.25, 0.3) is 5.69 Å². The number of amides is 1. The Morgan fingerprint density at radius 3 is 2.84 bits per heavy atom. The second-order valence-electron chi connectivity index (χ2n) is 4.71. The fourth-order valence-electron chi connectivity index (χ4n) is 2.37. The molecule has 0 spiro atoms. The van der Waals surface area contributed by atoms with Gasteiger partial charge < -0.3 is 4.90 Å². The van der Waals surface area contributed by atoms with Gasteiger partial charge in [-0.1, -0.05) is 25.5 Å². The summed E-state index contributed by atoms with van der Waals surface area (Å²) in [5.74, 6) is 0.0401. The fraction of sp³-hybridized carbons (Fsp3) is 0.462. The van der Waals surface area contributed by atoms with Gasteiger partial charge in [-0.15, -0.1) is 0 Å². The minimum absolute atomic E-state index is 0.0401. The smallest absolute Gasteiger partial charge is 0.269 e. The maximum absolute atomic E-state index is 12.0. The zero-order valence-electron chi connectivity index (χ0n) is 11.0. The van der Waals surface area contributed by atoms with E-state index in [0.717, 1.165) is 18.4 Å². The highest BCUT2D eigenvalue weighted by atomic mass is 16.6. The standard InChI is InChI=1S/C13H17N3O3/c1-3-5-11-13(17)15(2)12(14-11)9-6-4-7-10(8-9)16(18)19/h4,6-8,11-12,14H,3,5H2,1-2H3. The third-order valence-electron chi connectivity index (χ3n) is 3.37. The number of nitro groups is 1. The molecule has 1 aliphatic rings. The van der Waals surface area contributed by atoms with Crippen LogP contribution in [0.4, 0.5) is 5.69 Å². The average Bonchev–Trinajstić information content (AvgIpc) is 2.68. The second-order valence-corrected chi connectivity index (χ2v) is 4.71. The summed E-state index contributed by atoms with van der Waals surface area (Å²) < 4.78 is 0. The summed E-state index contributed by atoms with van der Waals surface area (Å²) in [6.45, 7) is 2.02. The highest BCUT2D eigenvalue weighted by Crippen LogP contribution is 2.27. The van der Waals surface area contributed by atoms with Crippen molar-refractivity contribution in [2.45, 2.75) is 32.0 Å². The molecule has 1 amide bonds. The molecule has 1 saturated heterocycles. The Morgan fingerprint density at radius 1 is 1.47 bits per heavy atom. The van der Waals surface area contributed by atoms with E-state index in [-0.39, 0.29) is 23.8 Å². The van der Waals surface area contributed by atoms with Crippen LogP contribution in [0.1, 0.15) is 31.5 Å². The maximum Gasteiger partial charge on any atom is 0.269 e. The van der Waals surface area contributed by atoms with E-state index in [1.165, 1.54) is 12.1 Å². The molecule has 1 N–H and O–H groups in total. The first-order valence-electron chi connectivity index (χ1n) is 6.31. The zero-order chi connectivity index (χ0) is 14.0. The van der Waals surface area contributed by atoms with E-state index < -0.39 is 4.92 Å². The fourth-order valence-corrected chi connectivity index (χ4v) is 2.37. The van der Waals surface area contributed by atoms with Crippen molar-refractivity contribution in [3.8, 4) is 0 Å². The number of non-ortho nitro benzene ring substituents is 1. The maximum atomic E-state index is 12.0. The largest absolute Gasteiger partial charge is 0.325 e. The van der Waals surface area contributed by atoms with Crippen LogP contribution in [0.25, 0.3) is 0 Å². The summed E-state index contributed by atoms with van der Waals surface area (Å²) in [6.07, 6.45) is 1.40. The van der Waals surface area contributed by atoms with Gasteiger partial charge in [0.1, 0.15) is 6.17 Å². The molecule has 2 atom stereocenters. The third-order valence-corrected chi connectivity index (χ3v) is 3.37. The predicted octanol–water partition coefficient (Wildman–Crippen LogP) is 1.82. The Kier molecular flexibility index (Phi) is 3.80. The Bertz CT molecular complexity index is 504. The molecule has 0 aliphatic carbocycles. The molecule has 102 valence electrons. The van der Waals surface area contributed by atoms with Gasteiger partial charge in [-0.25, -0.2) is 0 Å². The van der Waals surface area contributed by atoms with Gasteiger partial charge in [-0.05, 0) is 12.0 Å². The minimum atomic E-state index is -0.427. The number of nitrogens with zero attached hydrogens (tertiary/aromatic N) is 2. The number of carbonyl (C=O) groups is 1. The van der Waals surface area contributed by atoms with Crippen LogP contribution in [-0.4, -0.2) is 28.8 Å². The molecule has 2 unspecified atom stereocenters. The van der Waals surface area contributed by atoms with Crippen LogP contribution in [-0.2, 0) is 4.79 Å². The van der Waals surface area contributed by atoms with Crippen molar-refractivity contribution in [2.75, 3.05) is 7.05 Å². The monoisotopic (exact) mass is 263 g/mol. The van der Waals surface area contributed by atoms with Crippen molar-refractivity contribution in [1.29, 1.82) is 0 Å². The third kappa shape index (κ3) is 2.58. The Balaban J connectivity index is 2.25. The molecule has 6 heteroatoms. The quantitative estimate of drug-likeness (QED) is 0.664. The molecule has 19 heavy (non-hydrogen) atoms. The van der Waals surface area contributed by atoms with Crippen LogP contribution in [0.3, 0.4) is 0 Å². The van der Waals surface area contributed by atoms with Crippen molar-refractivity contribution >= 4 is 11.6 Å². The number of benzene rings is 1. The van der Waals surface area contributed by atoms with E-state index in [4.69, 9.17) is 0 Å². The van der Waals surface area contributed by atoms with Crippen molar-refractivity contribution in [1.82, 2.24) is 10.2 Å². The summed E-state index contributed by atoms with van der Waals surface area (Å²) in [6, 6.07) is 6.20. The Hall–Kier alpha value is -1.95. The summed E-state index contributed by atoms with van der Waals surface area (Å²) in [5.41, 5.74) is 0.780. The van der Waals surface area contributed by atoms with Gasteiger partial charge in [0.15, 0.2) is 0 Å². The van der Waals surface area contributed by atoms with Crippen molar-refractivity contribution in [3.63, 3.8) is 0 Å². The van der Waals surface area contributed by atoms with Crippen LogP contribution < -0.4 is 5.32 Å². The van der Waals surface area contributed by atoms with Gasteiger partial charge in [0, 0.05) is 19.2 Å². The normalized spacial score (nSPS) is 22.8. The lowest BCUT2D eigenvalue weighted by molar-refractivity contribution is -0.385. The molecule has 0 radical (unpaired) electrons. The molecule has 1 fully saturated rings. The first kappa shape index (κ1) is 13.5. The second kappa shape index (κ2) is 5.36. The lowest BCUT2D eigenvalue weighted by Gasteiger charge is -2.19. The van der Waals surface area contributed by atoms with Crippen molar-refractivity contribution in [2.24, 2.45) is 0 Å². The molecule has 0 bridgehead atoms.